The van der Waals surface area contributed by atoms with Crippen molar-refractivity contribution < 1.29 is 4.39 Å². The van der Waals surface area contributed by atoms with Crippen molar-refractivity contribution in [3.8, 4) is 6.07 Å². The van der Waals surface area contributed by atoms with E-state index in [1.54, 1.807) is 37.3 Å². The number of hydrogen-bond acceptors (Lipinski definition) is 3. The number of aryl methyl sites for hydroxylation is 1. The zero-order chi connectivity index (χ0) is 13.1. The van der Waals surface area contributed by atoms with Crippen molar-refractivity contribution in [2.45, 2.75) is 6.92 Å². The van der Waals surface area contributed by atoms with Gasteiger partial charge >= 0.3 is 0 Å². The third-order valence-electron chi connectivity index (χ3n) is 2.63. The van der Waals surface area contributed by atoms with E-state index in [0.717, 1.165) is 0 Å². The van der Waals surface area contributed by atoms with Gasteiger partial charge in [0, 0.05) is 17.1 Å². The molecule has 90 valence electrons. The number of nitrogens with two attached hydrogens (primary N) is 1. The van der Waals surface area contributed by atoms with Gasteiger partial charge in [0.05, 0.1) is 5.56 Å². The van der Waals surface area contributed by atoms with Gasteiger partial charge in [0.25, 0.3) is 0 Å². The molecule has 0 saturated heterocycles. The van der Waals surface area contributed by atoms with Gasteiger partial charge in [0.15, 0.2) is 0 Å². The number of rotatable bonds is 2. The molecule has 0 amide bonds. The highest BCUT2D eigenvalue weighted by molar-refractivity contribution is 5.67. The summed E-state index contributed by atoms with van der Waals surface area (Å²) >= 11 is 0. The Hall–Kier alpha value is -2.54. The minimum absolute atomic E-state index is 0.268. The largest absolute Gasteiger partial charge is 0.398 e. The summed E-state index contributed by atoms with van der Waals surface area (Å²) in [7, 11) is 0. The van der Waals surface area contributed by atoms with Crippen molar-refractivity contribution >= 4 is 17.1 Å². The van der Waals surface area contributed by atoms with Gasteiger partial charge in [-0.1, -0.05) is 6.07 Å². The van der Waals surface area contributed by atoms with Crippen LogP contribution in [0.25, 0.3) is 0 Å². The van der Waals surface area contributed by atoms with Crippen LogP contribution in [-0.4, -0.2) is 0 Å². The van der Waals surface area contributed by atoms with Crippen LogP contribution < -0.4 is 11.1 Å². The molecular formula is C14H12FN3. The first-order chi connectivity index (χ1) is 8.60. The Bertz CT molecular complexity index is 629. The molecule has 0 atom stereocenters. The molecule has 0 aliphatic heterocycles. The molecule has 18 heavy (non-hydrogen) atoms. The highest BCUT2D eigenvalue weighted by atomic mass is 19.1. The third kappa shape index (κ3) is 2.41. The number of nitrogens with one attached hydrogen (secondary N) is 1. The third-order valence-corrected chi connectivity index (χ3v) is 2.63. The maximum absolute atomic E-state index is 13.4. The number of halogens is 1. The van der Waals surface area contributed by atoms with E-state index in [-0.39, 0.29) is 5.82 Å². The van der Waals surface area contributed by atoms with E-state index in [4.69, 9.17) is 11.0 Å². The fraction of sp³-hybridized carbons (Fsp3) is 0.0714. The lowest BCUT2D eigenvalue weighted by Crippen LogP contribution is -1.95. The Morgan fingerprint density at radius 3 is 2.50 bits per heavy atom. The van der Waals surface area contributed by atoms with E-state index in [1.807, 2.05) is 6.07 Å². The standard InChI is InChI=1S/C14H12FN3/c1-9-2-3-12(7-13(9)15)18-11-4-5-14(17)10(6-11)8-16/h2-7,18H,17H2,1H3. The fourth-order valence-electron chi connectivity index (χ4n) is 1.57. The molecule has 3 nitrogen and oxygen atoms in total. The molecule has 2 aromatic rings. The first kappa shape index (κ1) is 11.9. The molecule has 0 saturated carbocycles. The second-order valence-corrected chi connectivity index (χ2v) is 4.00. The first-order valence-corrected chi connectivity index (χ1v) is 5.43. The summed E-state index contributed by atoms with van der Waals surface area (Å²) in [6.07, 6.45) is 0. The molecule has 0 unspecified atom stereocenters. The van der Waals surface area contributed by atoms with Crippen molar-refractivity contribution in [3.05, 3.63) is 53.3 Å². The molecule has 0 fully saturated rings. The number of benzene rings is 2. The molecule has 2 rings (SSSR count). The normalized spacial score (nSPS) is 9.83. The number of nitrogens with zero attached hydrogens (tertiary/aromatic N) is 1. The van der Waals surface area contributed by atoms with Gasteiger partial charge in [-0.3, -0.25) is 0 Å². The molecule has 0 aliphatic rings. The smallest absolute Gasteiger partial charge is 0.128 e. The maximum atomic E-state index is 13.4. The van der Waals surface area contributed by atoms with Gasteiger partial charge in [0.2, 0.25) is 0 Å². The molecule has 4 heteroatoms. The van der Waals surface area contributed by atoms with Crippen molar-refractivity contribution in [2.24, 2.45) is 0 Å². The quantitative estimate of drug-likeness (QED) is 0.793. The lowest BCUT2D eigenvalue weighted by atomic mass is 10.1. The van der Waals surface area contributed by atoms with Crippen LogP contribution in [0.4, 0.5) is 21.5 Å². The molecule has 0 heterocycles. The second-order valence-electron chi connectivity index (χ2n) is 4.00. The maximum Gasteiger partial charge on any atom is 0.128 e. The number of anilines is 3. The summed E-state index contributed by atoms with van der Waals surface area (Å²) in [5.74, 6) is -0.268. The van der Waals surface area contributed by atoms with Crippen molar-refractivity contribution in [1.29, 1.82) is 5.26 Å². The van der Waals surface area contributed by atoms with Gasteiger partial charge in [-0.2, -0.15) is 5.26 Å². The minimum Gasteiger partial charge on any atom is -0.398 e. The van der Waals surface area contributed by atoms with E-state index in [1.165, 1.54) is 6.07 Å². The Morgan fingerprint density at radius 2 is 1.83 bits per heavy atom. The summed E-state index contributed by atoms with van der Waals surface area (Å²) in [6, 6.07) is 11.9. The fourth-order valence-corrected chi connectivity index (χ4v) is 1.57. The number of nitriles is 1. The van der Waals surface area contributed by atoms with Crippen molar-refractivity contribution in [2.75, 3.05) is 11.1 Å². The van der Waals surface area contributed by atoms with Gasteiger partial charge in [-0.15, -0.1) is 0 Å². The molecule has 0 aromatic heterocycles. The Kier molecular flexibility index (Phi) is 3.16. The summed E-state index contributed by atoms with van der Waals surface area (Å²) < 4.78 is 13.4. The monoisotopic (exact) mass is 241 g/mol. The highest BCUT2D eigenvalue weighted by Gasteiger charge is 2.02. The molecule has 2 aromatic carbocycles. The molecule has 0 spiro atoms. The Labute approximate surface area is 105 Å². The van der Waals surface area contributed by atoms with Crippen LogP contribution in [0.5, 0.6) is 0 Å². The van der Waals surface area contributed by atoms with E-state index < -0.39 is 0 Å². The van der Waals surface area contributed by atoms with E-state index in [2.05, 4.69) is 5.32 Å². The van der Waals surface area contributed by atoms with Crippen molar-refractivity contribution in [1.82, 2.24) is 0 Å². The number of nitrogen functional groups attached to an aromatic ring is 1. The summed E-state index contributed by atoms with van der Waals surface area (Å²) in [6.45, 7) is 1.70. The Morgan fingerprint density at radius 1 is 1.17 bits per heavy atom. The Balaban J connectivity index is 2.29. The van der Waals surface area contributed by atoms with Gasteiger partial charge in [0.1, 0.15) is 11.9 Å². The van der Waals surface area contributed by atoms with Crippen LogP contribution >= 0.6 is 0 Å². The van der Waals surface area contributed by atoms with Crippen LogP contribution in [0, 0.1) is 24.1 Å². The summed E-state index contributed by atoms with van der Waals surface area (Å²) in [5.41, 5.74) is 8.37. The average molecular weight is 241 g/mol. The molecule has 0 radical (unpaired) electrons. The lowest BCUT2D eigenvalue weighted by Gasteiger charge is -2.08. The SMILES string of the molecule is Cc1ccc(Nc2ccc(N)c(C#N)c2)cc1F. The van der Waals surface area contributed by atoms with E-state index in [9.17, 15) is 4.39 Å². The minimum atomic E-state index is -0.268. The van der Waals surface area contributed by atoms with Crippen LogP contribution in [0.15, 0.2) is 36.4 Å². The van der Waals surface area contributed by atoms with E-state index in [0.29, 0.717) is 28.2 Å². The topological polar surface area (TPSA) is 61.8 Å². The zero-order valence-corrected chi connectivity index (χ0v) is 9.87. The van der Waals surface area contributed by atoms with Gasteiger partial charge < -0.3 is 11.1 Å². The molecule has 0 bridgehead atoms. The second kappa shape index (κ2) is 4.76. The summed E-state index contributed by atoms with van der Waals surface area (Å²) in [4.78, 5) is 0. The zero-order valence-electron chi connectivity index (χ0n) is 9.87. The van der Waals surface area contributed by atoms with Crippen LogP contribution in [0.2, 0.25) is 0 Å². The van der Waals surface area contributed by atoms with Crippen molar-refractivity contribution in [3.63, 3.8) is 0 Å². The molecule has 0 aliphatic carbocycles. The highest BCUT2D eigenvalue weighted by Crippen LogP contribution is 2.22. The van der Waals surface area contributed by atoms with Crippen LogP contribution in [0.3, 0.4) is 0 Å². The lowest BCUT2D eigenvalue weighted by molar-refractivity contribution is 0.619. The average Bonchev–Trinajstić information content (AvgIpc) is 2.36. The van der Waals surface area contributed by atoms with Gasteiger partial charge in [-0.25, -0.2) is 4.39 Å². The predicted molar refractivity (Wildman–Crippen MR) is 70.0 cm³/mol. The molecular weight excluding hydrogens is 229 g/mol. The van der Waals surface area contributed by atoms with Crippen LogP contribution in [-0.2, 0) is 0 Å². The first-order valence-electron chi connectivity index (χ1n) is 5.43. The van der Waals surface area contributed by atoms with Gasteiger partial charge in [-0.05, 0) is 42.8 Å². The van der Waals surface area contributed by atoms with E-state index >= 15 is 0 Å². The molecule has 3 N–H and O–H groups in total. The predicted octanol–water partition coefficient (Wildman–Crippen LogP) is 3.33. The summed E-state index contributed by atoms with van der Waals surface area (Å²) in [5, 5.41) is 11.9. The number of hydrogen-bond donors (Lipinski definition) is 2. The van der Waals surface area contributed by atoms with Crippen LogP contribution in [0.1, 0.15) is 11.1 Å².